The Bertz CT molecular complexity index is 464. The molecule has 0 aliphatic heterocycles. The minimum Gasteiger partial charge on any atom is -0.326 e. The van der Waals surface area contributed by atoms with Gasteiger partial charge < -0.3 is 5.32 Å². The Morgan fingerprint density at radius 1 is 1.38 bits per heavy atom. The van der Waals surface area contributed by atoms with E-state index in [4.69, 9.17) is 11.6 Å². The number of halogens is 1. The Morgan fingerprint density at radius 2 is 2.12 bits per heavy atom. The van der Waals surface area contributed by atoms with Gasteiger partial charge in [-0.15, -0.1) is 0 Å². The molecule has 0 fully saturated rings. The van der Waals surface area contributed by atoms with Crippen LogP contribution in [0.3, 0.4) is 0 Å². The van der Waals surface area contributed by atoms with Crippen molar-refractivity contribution in [3.05, 3.63) is 47.2 Å². The van der Waals surface area contributed by atoms with E-state index < -0.39 is 0 Å². The van der Waals surface area contributed by atoms with Crippen LogP contribution in [0.5, 0.6) is 0 Å². The number of aromatic nitrogens is 2. The van der Waals surface area contributed by atoms with E-state index in [1.165, 1.54) is 0 Å². The van der Waals surface area contributed by atoms with Gasteiger partial charge in [-0.1, -0.05) is 11.6 Å². The number of hydrogen-bond acceptors (Lipinski definition) is 2. The largest absolute Gasteiger partial charge is 0.326 e. The van der Waals surface area contributed by atoms with Crippen LogP contribution in [0.1, 0.15) is 5.56 Å². The molecule has 0 aliphatic rings. The number of nitrogens with one attached hydrogen (secondary N) is 2. The summed E-state index contributed by atoms with van der Waals surface area (Å²) < 4.78 is 0. The summed E-state index contributed by atoms with van der Waals surface area (Å²) in [7, 11) is 0. The van der Waals surface area contributed by atoms with Crippen molar-refractivity contribution >= 4 is 23.2 Å². The second-order valence-corrected chi connectivity index (χ2v) is 3.77. The van der Waals surface area contributed by atoms with Gasteiger partial charge in [0.1, 0.15) is 0 Å². The number of rotatable bonds is 3. The van der Waals surface area contributed by atoms with E-state index in [0.717, 1.165) is 11.3 Å². The predicted octanol–water partition coefficient (Wildman–Crippen LogP) is 2.24. The van der Waals surface area contributed by atoms with Crippen molar-refractivity contribution in [2.75, 3.05) is 5.32 Å². The minimum absolute atomic E-state index is 0.0799. The molecule has 0 saturated heterocycles. The molecule has 0 aliphatic carbocycles. The Labute approximate surface area is 97.6 Å². The third-order valence-corrected chi connectivity index (χ3v) is 2.30. The number of carbonyl (C=O) groups excluding carboxylic acids is 1. The highest BCUT2D eigenvalue weighted by Crippen LogP contribution is 2.13. The fraction of sp³-hybridized carbons (Fsp3) is 0.0909. The topological polar surface area (TPSA) is 57.8 Å². The maximum absolute atomic E-state index is 11.6. The summed E-state index contributed by atoms with van der Waals surface area (Å²) in [6, 6.07) is 6.98. The first kappa shape index (κ1) is 10.7. The van der Waals surface area contributed by atoms with Crippen molar-refractivity contribution in [1.29, 1.82) is 0 Å². The SMILES string of the molecule is O=C(Cc1cn[nH]c1)Nc1ccc(Cl)cc1. The second kappa shape index (κ2) is 4.81. The zero-order valence-corrected chi connectivity index (χ0v) is 9.16. The lowest BCUT2D eigenvalue weighted by Crippen LogP contribution is -2.13. The molecule has 0 saturated carbocycles. The third-order valence-electron chi connectivity index (χ3n) is 2.05. The summed E-state index contributed by atoms with van der Waals surface area (Å²) in [5.74, 6) is -0.0799. The van der Waals surface area contributed by atoms with Crippen molar-refractivity contribution in [2.45, 2.75) is 6.42 Å². The molecule has 0 unspecified atom stereocenters. The normalized spacial score (nSPS) is 10.1. The molecule has 0 atom stereocenters. The van der Waals surface area contributed by atoms with Crippen molar-refractivity contribution < 1.29 is 4.79 Å². The van der Waals surface area contributed by atoms with Crippen LogP contribution >= 0.6 is 11.6 Å². The highest BCUT2D eigenvalue weighted by atomic mass is 35.5. The summed E-state index contributed by atoms with van der Waals surface area (Å²) in [6.45, 7) is 0. The fourth-order valence-corrected chi connectivity index (χ4v) is 1.42. The Balaban J connectivity index is 1.95. The number of amides is 1. The smallest absolute Gasteiger partial charge is 0.228 e. The first-order chi connectivity index (χ1) is 7.74. The van der Waals surface area contributed by atoms with Crippen molar-refractivity contribution in [3.63, 3.8) is 0 Å². The second-order valence-electron chi connectivity index (χ2n) is 3.34. The van der Waals surface area contributed by atoms with Gasteiger partial charge in [-0.3, -0.25) is 9.89 Å². The number of benzene rings is 1. The van der Waals surface area contributed by atoms with Crippen molar-refractivity contribution in [3.8, 4) is 0 Å². The number of H-pyrrole nitrogens is 1. The van der Waals surface area contributed by atoms with Gasteiger partial charge in [0.2, 0.25) is 5.91 Å². The van der Waals surface area contributed by atoms with Crippen LogP contribution in [-0.2, 0) is 11.2 Å². The number of anilines is 1. The quantitative estimate of drug-likeness (QED) is 0.857. The van der Waals surface area contributed by atoms with Gasteiger partial charge >= 0.3 is 0 Å². The van der Waals surface area contributed by atoms with Gasteiger partial charge in [0, 0.05) is 16.9 Å². The van der Waals surface area contributed by atoms with Crippen molar-refractivity contribution in [1.82, 2.24) is 10.2 Å². The average Bonchev–Trinajstić information content (AvgIpc) is 2.74. The molecule has 0 spiro atoms. The van der Waals surface area contributed by atoms with E-state index in [9.17, 15) is 4.79 Å². The average molecular weight is 236 g/mol. The molecule has 5 heteroatoms. The van der Waals surface area contributed by atoms with E-state index in [2.05, 4.69) is 15.5 Å². The Morgan fingerprint density at radius 3 is 2.75 bits per heavy atom. The zero-order chi connectivity index (χ0) is 11.4. The van der Waals surface area contributed by atoms with E-state index in [-0.39, 0.29) is 5.91 Å². The molecular formula is C11H10ClN3O. The number of hydrogen-bond donors (Lipinski definition) is 2. The van der Waals surface area contributed by atoms with Gasteiger partial charge in [-0.05, 0) is 29.8 Å². The van der Waals surface area contributed by atoms with E-state index in [0.29, 0.717) is 11.4 Å². The number of carbonyl (C=O) groups is 1. The first-order valence-electron chi connectivity index (χ1n) is 4.77. The Kier molecular flexibility index (Phi) is 3.22. The van der Waals surface area contributed by atoms with Crippen LogP contribution < -0.4 is 5.32 Å². The summed E-state index contributed by atoms with van der Waals surface area (Å²) in [6.07, 6.45) is 3.63. The van der Waals surface area contributed by atoms with Crippen molar-refractivity contribution in [2.24, 2.45) is 0 Å². The van der Waals surface area contributed by atoms with Gasteiger partial charge in [0.05, 0.1) is 12.6 Å². The molecule has 0 radical (unpaired) electrons. The zero-order valence-electron chi connectivity index (χ0n) is 8.40. The predicted molar refractivity (Wildman–Crippen MR) is 62.4 cm³/mol. The highest BCUT2D eigenvalue weighted by molar-refractivity contribution is 6.30. The molecule has 2 rings (SSSR count). The molecule has 1 amide bonds. The van der Waals surface area contributed by atoms with E-state index >= 15 is 0 Å². The third kappa shape index (κ3) is 2.84. The molecule has 0 bridgehead atoms. The molecule has 82 valence electrons. The van der Waals surface area contributed by atoms with Gasteiger partial charge in [-0.2, -0.15) is 5.10 Å². The molecule has 2 aromatic rings. The summed E-state index contributed by atoms with van der Waals surface area (Å²) >= 11 is 5.74. The lowest BCUT2D eigenvalue weighted by atomic mass is 10.2. The molecular weight excluding hydrogens is 226 g/mol. The van der Waals surface area contributed by atoms with Crippen LogP contribution in [0.2, 0.25) is 5.02 Å². The standard InChI is InChI=1S/C11H10ClN3O/c12-9-1-3-10(4-2-9)15-11(16)5-8-6-13-14-7-8/h1-4,6-7H,5H2,(H,13,14)(H,15,16). The van der Waals surface area contributed by atoms with Crippen LogP contribution in [-0.4, -0.2) is 16.1 Å². The highest BCUT2D eigenvalue weighted by Gasteiger charge is 2.04. The molecule has 16 heavy (non-hydrogen) atoms. The molecule has 1 aromatic heterocycles. The maximum Gasteiger partial charge on any atom is 0.228 e. The van der Waals surface area contributed by atoms with Gasteiger partial charge in [-0.25, -0.2) is 0 Å². The van der Waals surface area contributed by atoms with Gasteiger partial charge in [0.15, 0.2) is 0 Å². The molecule has 1 aromatic carbocycles. The fourth-order valence-electron chi connectivity index (χ4n) is 1.30. The monoisotopic (exact) mass is 235 g/mol. The summed E-state index contributed by atoms with van der Waals surface area (Å²) in [5, 5.41) is 9.84. The summed E-state index contributed by atoms with van der Waals surface area (Å²) in [5.41, 5.74) is 1.59. The minimum atomic E-state index is -0.0799. The first-order valence-corrected chi connectivity index (χ1v) is 5.15. The molecule has 2 N–H and O–H groups in total. The molecule has 1 heterocycles. The maximum atomic E-state index is 11.6. The van der Waals surface area contributed by atoms with Crippen LogP contribution in [0, 0.1) is 0 Å². The lowest BCUT2D eigenvalue weighted by molar-refractivity contribution is -0.115. The number of aromatic amines is 1. The molecule has 4 nitrogen and oxygen atoms in total. The Hall–Kier alpha value is -1.81. The number of nitrogens with zero attached hydrogens (tertiary/aromatic N) is 1. The van der Waals surface area contributed by atoms with Crippen LogP contribution in [0.25, 0.3) is 0 Å². The summed E-state index contributed by atoms with van der Waals surface area (Å²) in [4.78, 5) is 11.6. The van der Waals surface area contributed by atoms with E-state index in [1.807, 2.05) is 0 Å². The van der Waals surface area contributed by atoms with Crippen LogP contribution in [0.4, 0.5) is 5.69 Å². The lowest BCUT2D eigenvalue weighted by Gasteiger charge is -2.03. The van der Waals surface area contributed by atoms with Gasteiger partial charge in [0.25, 0.3) is 0 Å². The van der Waals surface area contributed by atoms with Crippen LogP contribution in [0.15, 0.2) is 36.7 Å². The van der Waals surface area contributed by atoms with E-state index in [1.54, 1.807) is 36.7 Å².